The highest BCUT2D eigenvalue weighted by molar-refractivity contribution is 5.53. The Kier molecular flexibility index (Phi) is 5.08. The zero-order valence-corrected chi connectivity index (χ0v) is 11.8. The van der Waals surface area contributed by atoms with Crippen molar-refractivity contribution in [2.24, 2.45) is 0 Å². The first-order valence-corrected chi connectivity index (χ1v) is 6.33. The minimum Gasteiger partial charge on any atom is -0.470 e. The summed E-state index contributed by atoms with van der Waals surface area (Å²) in [5, 5.41) is 2.82. The minimum atomic E-state index is -4.13. The van der Waals surface area contributed by atoms with E-state index >= 15 is 0 Å². The summed E-state index contributed by atoms with van der Waals surface area (Å²) < 4.78 is 41.6. The van der Waals surface area contributed by atoms with Gasteiger partial charge in [0.1, 0.15) is 11.4 Å². The van der Waals surface area contributed by atoms with Gasteiger partial charge in [-0.2, -0.15) is 18.2 Å². The van der Waals surface area contributed by atoms with E-state index < -0.39 is 18.2 Å². The summed E-state index contributed by atoms with van der Waals surface area (Å²) in [6.45, 7) is 5.76. The Morgan fingerprint density at radius 1 is 1.25 bits per heavy atom. The molecule has 1 aromatic rings. The first kappa shape index (κ1) is 16.4. The third-order valence-corrected chi connectivity index (χ3v) is 2.24. The molecular formula is C13H20F3N3O. The number of nitrogen functional groups attached to an aromatic ring is 1. The molecule has 114 valence electrons. The Bertz CT molecular complexity index is 441. The highest BCUT2D eigenvalue weighted by Gasteiger charge is 2.25. The highest BCUT2D eigenvalue weighted by atomic mass is 19.4. The molecular weight excluding hydrogens is 271 g/mol. The van der Waals surface area contributed by atoms with Crippen LogP contribution in [0.3, 0.4) is 0 Å². The van der Waals surface area contributed by atoms with Crippen LogP contribution in [0.4, 0.5) is 24.7 Å². The van der Waals surface area contributed by atoms with E-state index in [0.29, 0.717) is 11.5 Å². The van der Waals surface area contributed by atoms with Crippen molar-refractivity contribution in [2.45, 2.75) is 45.4 Å². The molecule has 0 spiro atoms. The molecule has 1 aromatic heterocycles. The summed E-state index contributed by atoms with van der Waals surface area (Å²) in [5.74, 6) is 0.721. The standard InChI is InChI=1S/C13H20F3N3O/c1-12(2,3)20-11-9(17)5-6-10(19-11)18-8-4-7-13(14,15)16/h5-6H,4,7-8,17H2,1-3H3,(H,18,19). The van der Waals surface area contributed by atoms with Gasteiger partial charge in [0.05, 0.1) is 5.69 Å². The van der Waals surface area contributed by atoms with Gasteiger partial charge in [0, 0.05) is 13.0 Å². The van der Waals surface area contributed by atoms with Crippen LogP contribution in [0.2, 0.25) is 0 Å². The summed E-state index contributed by atoms with van der Waals surface area (Å²) in [6, 6.07) is 3.22. The number of ether oxygens (including phenoxy) is 1. The Hall–Kier alpha value is -1.66. The van der Waals surface area contributed by atoms with E-state index in [1.54, 1.807) is 12.1 Å². The van der Waals surface area contributed by atoms with Crippen LogP contribution in [0.5, 0.6) is 5.88 Å². The number of pyridine rings is 1. The zero-order chi connectivity index (χ0) is 15.4. The first-order valence-electron chi connectivity index (χ1n) is 6.33. The van der Waals surface area contributed by atoms with Gasteiger partial charge in [-0.3, -0.25) is 0 Å². The van der Waals surface area contributed by atoms with Crippen molar-refractivity contribution in [2.75, 3.05) is 17.6 Å². The van der Waals surface area contributed by atoms with Crippen molar-refractivity contribution in [3.8, 4) is 5.88 Å². The van der Waals surface area contributed by atoms with Crippen LogP contribution in [0.1, 0.15) is 33.6 Å². The number of halogens is 3. The number of hydrogen-bond acceptors (Lipinski definition) is 4. The van der Waals surface area contributed by atoms with Crippen LogP contribution in [-0.2, 0) is 0 Å². The predicted octanol–water partition coefficient (Wildman–Crippen LogP) is 3.60. The molecule has 0 fully saturated rings. The molecule has 0 atom stereocenters. The summed E-state index contributed by atoms with van der Waals surface area (Å²) in [7, 11) is 0. The number of aromatic nitrogens is 1. The van der Waals surface area contributed by atoms with Crippen molar-refractivity contribution < 1.29 is 17.9 Å². The van der Waals surface area contributed by atoms with Gasteiger partial charge in [0.2, 0.25) is 5.88 Å². The number of hydrogen-bond donors (Lipinski definition) is 2. The average Bonchev–Trinajstić information content (AvgIpc) is 2.25. The van der Waals surface area contributed by atoms with Crippen molar-refractivity contribution in [1.29, 1.82) is 0 Å². The second-order valence-corrected chi connectivity index (χ2v) is 5.45. The molecule has 0 aromatic carbocycles. The minimum absolute atomic E-state index is 0.00891. The predicted molar refractivity (Wildman–Crippen MR) is 72.8 cm³/mol. The molecule has 1 rings (SSSR count). The molecule has 20 heavy (non-hydrogen) atoms. The van der Waals surface area contributed by atoms with Crippen LogP contribution >= 0.6 is 0 Å². The van der Waals surface area contributed by atoms with Gasteiger partial charge in [-0.25, -0.2) is 0 Å². The van der Waals surface area contributed by atoms with Crippen molar-refractivity contribution >= 4 is 11.5 Å². The lowest BCUT2D eigenvalue weighted by Gasteiger charge is -2.21. The largest absolute Gasteiger partial charge is 0.470 e. The number of rotatable bonds is 5. The topological polar surface area (TPSA) is 60.2 Å². The van der Waals surface area contributed by atoms with E-state index in [1.165, 1.54) is 0 Å². The molecule has 0 aliphatic rings. The van der Waals surface area contributed by atoms with Crippen molar-refractivity contribution in [1.82, 2.24) is 4.98 Å². The van der Waals surface area contributed by atoms with E-state index in [-0.39, 0.29) is 18.8 Å². The first-order chi connectivity index (χ1) is 9.07. The van der Waals surface area contributed by atoms with Crippen molar-refractivity contribution in [3.63, 3.8) is 0 Å². The maximum atomic E-state index is 12.0. The third-order valence-electron chi connectivity index (χ3n) is 2.24. The molecule has 0 aliphatic heterocycles. The Morgan fingerprint density at radius 2 is 1.90 bits per heavy atom. The van der Waals surface area contributed by atoms with E-state index in [4.69, 9.17) is 10.5 Å². The number of nitrogens with one attached hydrogen (secondary N) is 1. The smallest absolute Gasteiger partial charge is 0.389 e. The molecule has 0 unspecified atom stereocenters. The van der Waals surface area contributed by atoms with E-state index in [0.717, 1.165) is 0 Å². The lowest BCUT2D eigenvalue weighted by molar-refractivity contribution is -0.134. The van der Waals surface area contributed by atoms with E-state index in [2.05, 4.69) is 10.3 Å². The molecule has 7 heteroatoms. The molecule has 4 nitrogen and oxygen atoms in total. The summed E-state index contributed by atoms with van der Waals surface area (Å²) >= 11 is 0. The highest BCUT2D eigenvalue weighted by Crippen LogP contribution is 2.25. The van der Waals surface area contributed by atoms with E-state index in [9.17, 15) is 13.2 Å². The van der Waals surface area contributed by atoms with Gasteiger partial charge in [-0.05, 0) is 39.3 Å². The van der Waals surface area contributed by atoms with Gasteiger partial charge >= 0.3 is 6.18 Å². The van der Waals surface area contributed by atoms with Gasteiger partial charge < -0.3 is 15.8 Å². The monoisotopic (exact) mass is 291 g/mol. The Balaban J connectivity index is 2.57. The number of nitrogens with zero attached hydrogens (tertiary/aromatic N) is 1. The lowest BCUT2D eigenvalue weighted by atomic mass is 10.2. The molecule has 0 radical (unpaired) electrons. The van der Waals surface area contributed by atoms with Crippen LogP contribution < -0.4 is 15.8 Å². The normalized spacial score (nSPS) is 12.3. The average molecular weight is 291 g/mol. The van der Waals surface area contributed by atoms with E-state index in [1.807, 2.05) is 20.8 Å². The Labute approximate surface area is 116 Å². The maximum absolute atomic E-state index is 12.0. The summed E-state index contributed by atoms with van der Waals surface area (Å²) in [5.41, 5.74) is 5.69. The lowest BCUT2D eigenvalue weighted by Crippen LogP contribution is -2.24. The Morgan fingerprint density at radius 3 is 2.45 bits per heavy atom. The maximum Gasteiger partial charge on any atom is 0.389 e. The second-order valence-electron chi connectivity index (χ2n) is 5.45. The molecule has 0 bridgehead atoms. The second kappa shape index (κ2) is 6.19. The summed E-state index contributed by atoms with van der Waals surface area (Å²) in [4.78, 5) is 4.15. The van der Waals surface area contributed by atoms with Crippen LogP contribution in [0.25, 0.3) is 0 Å². The quantitative estimate of drug-likeness (QED) is 0.814. The zero-order valence-electron chi connectivity index (χ0n) is 11.8. The SMILES string of the molecule is CC(C)(C)Oc1nc(NCCCC(F)(F)F)ccc1N. The van der Waals surface area contributed by atoms with Crippen LogP contribution in [0.15, 0.2) is 12.1 Å². The van der Waals surface area contributed by atoms with Gasteiger partial charge in [0.15, 0.2) is 0 Å². The number of nitrogens with two attached hydrogens (primary N) is 1. The number of alkyl halides is 3. The van der Waals surface area contributed by atoms with Gasteiger partial charge in [0.25, 0.3) is 0 Å². The molecule has 3 N–H and O–H groups in total. The van der Waals surface area contributed by atoms with Crippen LogP contribution in [0, 0.1) is 0 Å². The number of anilines is 2. The fraction of sp³-hybridized carbons (Fsp3) is 0.615. The third kappa shape index (κ3) is 6.49. The molecule has 0 amide bonds. The molecule has 0 saturated carbocycles. The summed E-state index contributed by atoms with van der Waals surface area (Å²) in [6.07, 6.45) is -4.96. The fourth-order valence-corrected chi connectivity index (χ4v) is 1.43. The van der Waals surface area contributed by atoms with Crippen LogP contribution in [-0.4, -0.2) is 23.3 Å². The molecule has 0 saturated heterocycles. The fourth-order valence-electron chi connectivity index (χ4n) is 1.43. The molecule has 0 aliphatic carbocycles. The van der Waals surface area contributed by atoms with Gasteiger partial charge in [-0.15, -0.1) is 0 Å². The van der Waals surface area contributed by atoms with Crippen molar-refractivity contribution in [3.05, 3.63) is 12.1 Å². The molecule has 1 heterocycles. The van der Waals surface area contributed by atoms with Gasteiger partial charge in [-0.1, -0.05) is 0 Å².